The molecule has 1 atom stereocenters. The van der Waals surface area contributed by atoms with Gasteiger partial charge in [-0.15, -0.1) is 0 Å². The maximum Gasteiger partial charge on any atom is 0.321 e. The van der Waals surface area contributed by atoms with Crippen LogP contribution in [0.15, 0.2) is 29.2 Å². The highest BCUT2D eigenvalue weighted by Gasteiger charge is 2.29. The summed E-state index contributed by atoms with van der Waals surface area (Å²) in [5, 5.41) is 9.18. The molecule has 7 heteroatoms. The molecule has 2 N–H and O–H groups in total. The summed E-state index contributed by atoms with van der Waals surface area (Å²) in [5.74, 6) is -0.666. The predicted molar refractivity (Wildman–Crippen MR) is 78.8 cm³/mol. The third-order valence-corrected chi connectivity index (χ3v) is 4.27. The SMILES string of the molecule is COc1ccc(S(=O)(=O)N[C@H](CC(C)(C)C)C(=O)O)cc1. The maximum atomic E-state index is 12.2. The molecular formula is C14H21NO5S. The summed E-state index contributed by atoms with van der Waals surface area (Å²) in [5.41, 5.74) is -0.314. The van der Waals surface area contributed by atoms with Crippen molar-refractivity contribution >= 4 is 16.0 Å². The number of benzene rings is 1. The third kappa shape index (κ3) is 5.35. The first-order valence-electron chi connectivity index (χ1n) is 6.44. The van der Waals surface area contributed by atoms with Crippen LogP contribution >= 0.6 is 0 Å². The van der Waals surface area contributed by atoms with Crippen molar-refractivity contribution in [3.63, 3.8) is 0 Å². The molecule has 0 fully saturated rings. The van der Waals surface area contributed by atoms with Crippen LogP contribution in [0, 0.1) is 5.41 Å². The van der Waals surface area contributed by atoms with E-state index in [4.69, 9.17) is 4.74 Å². The van der Waals surface area contributed by atoms with Gasteiger partial charge in [-0.25, -0.2) is 8.42 Å². The van der Waals surface area contributed by atoms with Gasteiger partial charge in [0.05, 0.1) is 12.0 Å². The molecule has 0 radical (unpaired) electrons. The van der Waals surface area contributed by atoms with E-state index in [9.17, 15) is 18.3 Å². The number of carboxylic acids is 1. The zero-order chi connectivity index (χ0) is 16.3. The van der Waals surface area contributed by atoms with Crippen LogP contribution in [-0.4, -0.2) is 32.6 Å². The Labute approximate surface area is 125 Å². The molecule has 118 valence electrons. The van der Waals surface area contributed by atoms with Crippen LogP contribution in [0.4, 0.5) is 0 Å². The summed E-state index contributed by atoms with van der Waals surface area (Å²) in [4.78, 5) is 11.2. The average molecular weight is 315 g/mol. The monoisotopic (exact) mass is 315 g/mol. The van der Waals surface area contributed by atoms with Gasteiger partial charge in [0.2, 0.25) is 10.0 Å². The van der Waals surface area contributed by atoms with E-state index in [1.165, 1.54) is 31.4 Å². The van der Waals surface area contributed by atoms with Crippen molar-refractivity contribution in [1.82, 2.24) is 4.72 Å². The highest BCUT2D eigenvalue weighted by atomic mass is 32.2. The molecule has 1 aromatic carbocycles. The van der Waals surface area contributed by atoms with Gasteiger partial charge in [-0.1, -0.05) is 20.8 Å². The van der Waals surface area contributed by atoms with Gasteiger partial charge < -0.3 is 9.84 Å². The Balaban J connectivity index is 2.97. The van der Waals surface area contributed by atoms with Crippen LogP contribution in [0.1, 0.15) is 27.2 Å². The molecule has 0 spiro atoms. The molecule has 0 aromatic heterocycles. The number of aliphatic carboxylic acids is 1. The quantitative estimate of drug-likeness (QED) is 0.836. The minimum Gasteiger partial charge on any atom is -0.497 e. The summed E-state index contributed by atoms with van der Waals surface area (Å²) in [6.45, 7) is 5.56. The number of sulfonamides is 1. The standard InChI is InChI=1S/C14H21NO5S/c1-14(2,3)9-12(13(16)17)15-21(18,19)11-7-5-10(20-4)6-8-11/h5-8,12,15H,9H2,1-4H3,(H,16,17)/t12-/m1/s1. The van der Waals surface area contributed by atoms with Crippen LogP contribution in [0.2, 0.25) is 0 Å². The number of carboxylic acid groups (broad SMARTS) is 1. The summed E-state index contributed by atoms with van der Waals surface area (Å²) in [6.07, 6.45) is 0.192. The third-order valence-electron chi connectivity index (χ3n) is 2.78. The molecule has 0 bridgehead atoms. The predicted octanol–water partition coefficient (Wildman–Crippen LogP) is 1.86. The molecule has 0 amide bonds. The fourth-order valence-electron chi connectivity index (χ4n) is 1.80. The maximum absolute atomic E-state index is 12.2. The van der Waals surface area contributed by atoms with Gasteiger partial charge in [0.25, 0.3) is 0 Å². The van der Waals surface area contributed by atoms with Gasteiger partial charge in [0.1, 0.15) is 11.8 Å². The van der Waals surface area contributed by atoms with Crippen molar-refractivity contribution < 1.29 is 23.1 Å². The molecule has 0 unspecified atom stereocenters. The Hall–Kier alpha value is -1.60. The average Bonchev–Trinajstić information content (AvgIpc) is 2.36. The van der Waals surface area contributed by atoms with Crippen molar-refractivity contribution in [1.29, 1.82) is 0 Å². The second kappa shape index (κ2) is 6.44. The van der Waals surface area contributed by atoms with E-state index in [2.05, 4.69) is 4.72 Å². The molecule has 1 aromatic rings. The first-order chi connectivity index (χ1) is 9.55. The van der Waals surface area contributed by atoms with Gasteiger partial charge in [-0.2, -0.15) is 4.72 Å². The topological polar surface area (TPSA) is 92.7 Å². The second-order valence-corrected chi connectivity index (χ2v) is 7.67. The minimum atomic E-state index is -3.89. The Morgan fingerprint density at radius 3 is 2.19 bits per heavy atom. The van der Waals surface area contributed by atoms with E-state index in [0.29, 0.717) is 5.75 Å². The van der Waals surface area contributed by atoms with Gasteiger partial charge in [0, 0.05) is 0 Å². The summed E-state index contributed by atoms with van der Waals surface area (Å²) in [6, 6.07) is 4.59. The Kier molecular flexibility index (Phi) is 5.36. The number of ether oxygens (including phenoxy) is 1. The van der Waals surface area contributed by atoms with Crippen molar-refractivity contribution in [3.05, 3.63) is 24.3 Å². The zero-order valence-electron chi connectivity index (χ0n) is 12.6. The highest BCUT2D eigenvalue weighted by molar-refractivity contribution is 7.89. The molecule has 6 nitrogen and oxygen atoms in total. The lowest BCUT2D eigenvalue weighted by Gasteiger charge is -2.23. The molecule has 0 aliphatic carbocycles. The highest BCUT2D eigenvalue weighted by Crippen LogP contribution is 2.22. The van der Waals surface area contributed by atoms with Crippen LogP contribution in [-0.2, 0) is 14.8 Å². The molecule has 0 aliphatic heterocycles. The van der Waals surface area contributed by atoms with E-state index < -0.39 is 22.0 Å². The van der Waals surface area contributed by atoms with Crippen LogP contribution < -0.4 is 9.46 Å². The first kappa shape index (κ1) is 17.5. The molecule has 0 aliphatic rings. The van der Waals surface area contributed by atoms with Crippen molar-refractivity contribution in [2.45, 2.75) is 38.1 Å². The summed E-state index contributed by atoms with van der Waals surface area (Å²) in [7, 11) is -2.41. The Morgan fingerprint density at radius 1 is 1.29 bits per heavy atom. The number of nitrogens with one attached hydrogen (secondary N) is 1. The molecule has 1 rings (SSSR count). The van der Waals surface area contributed by atoms with E-state index in [1.54, 1.807) is 0 Å². The number of hydrogen-bond donors (Lipinski definition) is 2. The van der Waals surface area contributed by atoms with E-state index in [0.717, 1.165) is 0 Å². The van der Waals surface area contributed by atoms with Crippen molar-refractivity contribution in [2.24, 2.45) is 5.41 Å². The fraction of sp³-hybridized carbons (Fsp3) is 0.500. The summed E-state index contributed by atoms with van der Waals surface area (Å²) < 4.78 is 31.6. The molecule has 0 saturated heterocycles. The van der Waals surface area contributed by atoms with Crippen LogP contribution in [0.25, 0.3) is 0 Å². The molecule has 0 saturated carbocycles. The lowest BCUT2D eigenvalue weighted by molar-refractivity contribution is -0.139. The largest absolute Gasteiger partial charge is 0.497 e. The summed E-state index contributed by atoms with van der Waals surface area (Å²) >= 11 is 0. The Morgan fingerprint density at radius 2 is 1.81 bits per heavy atom. The van der Waals surface area contributed by atoms with Crippen molar-refractivity contribution in [3.8, 4) is 5.75 Å². The second-order valence-electron chi connectivity index (χ2n) is 5.95. The van der Waals surface area contributed by atoms with Crippen LogP contribution in [0.3, 0.4) is 0 Å². The lowest BCUT2D eigenvalue weighted by Crippen LogP contribution is -2.42. The van der Waals surface area contributed by atoms with Gasteiger partial charge >= 0.3 is 5.97 Å². The number of hydrogen-bond acceptors (Lipinski definition) is 4. The number of methoxy groups -OCH3 is 1. The number of rotatable bonds is 6. The Bertz CT molecular complexity index is 587. The molecule has 0 heterocycles. The number of carbonyl (C=O) groups is 1. The van der Waals surface area contributed by atoms with Crippen molar-refractivity contribution in [2.75, 3.05) is 7.11 Å². The fourth-order valence-corrected chi connectivity index (χ4v) is 2.99. The lowest BCUT2D eigenvalue weighted by atomic mass is 9.88. The van der Waals surface area contributed by atoms with Gasteiger partial charge in [0.15, 0.2) is 0 Å². The molecular weight excluding hydrogens is 294 g/mol. The first-order valence-corrected chi connectivity index (χ1v) is 7.93. The van der Waals surface area contributed by atoms with Gasteiger partial charge in [-0.05, 0) is 36.1 Å². The smallest absolute Gasteiger partial charge is 0.321 e. The van der Waals surface area contributed by atoms with E-state index in [1.807, 2.05) is 20.8 Å². The normalized spacial score (nSPS) is 13.7. The van der Waals surface area contributed by atoms with E-state index in [-0.39, 0.29) is 16.7 Å². The van der Waals surface area contributed by atoms with Crippen LogP contribution in [0.5, 0.6) is 5.75 Å². The van der Waals surface area contributed by atoms with E-state index >= 15 is 0 Å². The zero-order valence-corrected chi connectivity index (χ0v) is 13.4. The molecule has 21 heavy (non-hydrogen) atoms. The minimum absolute atomic E-state index is 0.00320. The van der Waals surface area contributed by atoms with Gasteiger partial charge in [-0.3, -0.25) is 4.79 Å².